The second-order valence-corrected chi connectivity index (χ2v) is 6.01. The lowest BCUT2D eigenvalue weighted by molar-refractivity contribution is 0.272. The van der Waals surface area contributed by atoms with Gasteiger partial charge in [-0.05, 0) is 46.5 Å². The smallest absolute Gasteiger partial charge is 0.133 e. The van der Waals surface area contributed by atoms with Crippen LogP contribution in [0.2, 0.25) is 0 Å². The lowest BCUT2D eigenvalue weighted by atomic mass is 10.2. The highest BCUT2D eigenvalue weighted by atomic mass is 79.9. The zero-order valence-electron chi connectivity index (χ0n) is 9.96. The monoisotopic (exact) mass is 361 g/mol. The number of methoxy groups -OCH3 is 1. The maximum atomic E-state index is 5.24. The Bertz CT molecular complexity index is 380. The molecule has 1 aromatic carbocycles. The number of hydrogen-bond acceptors (Lipinski definition) is 2. The van der Waals surface area contributed by atoms with E-state index in [0.29, 0.717) is 0 Å². The molecule has 4 heteroatoms. The summed E-state index contributed by atoms with van der Waals surface area (Å²) in [6.45, 7) is 2.15. The van der Waals surface area contributed by atoms with Gasteiger partial charge in [0.2, 0.25) is 0 Å². The molecule has 94 valence electrons. The summed E-state index contributed by atoms with van der Waals surface area (Å²) < 4.78 is 6.28. The van der Waals surface area contributed by atoms with Crippen LogP contribution in [0.15, 0.2) is 22.7 Å². The fourth-order valence-corrected chi connectivity index (χ4v) is 3.03. The molecule has 1 fully saturated rings. The van der Waals surface area contributed by atoms with Gasteiger partial charge in [0.05, 0.1) is 11.6 Å². The average Bonchev–Trinajstić information content (AvgIpc) is 3.12. The molecule has 1 saturated carbocycles. The summed E-state index contributed by atoms with van der Waals surface area (Å²) in [5, 5.41) is 1.04. The molecule has 0 unspecified atom stereocenters. The molecular weight excluding hydrogens is 346 g/mol. The second kappa shape index (κ2) is 6.21. The van der Waals surface area contributed by atoms with Gasteiger partial charge in [-0.3, -0.25) is 4.90 Å². The summed E-state index contributed by atoms with van der Waals surface area (Å²) in [5.74, 6) is 0.896. The molecule has 1 aliphatic carbocycles. The van der Waals surface area contributed by atoms with Gasteiger partial charge >= 0.3 is 0 Å². The van der Waals surface area contributed by atoms with Crippen LogP contribution in [0.3, 0.4) is 0 Å². The lowest BCUT2D eigenvalue weighted by Crippen LogP contribution is -2.27. The van der Waals surface area contributed by atoms with E-state index in [0.717, 1.165) is 34.7 Å². The highest BCUT2D eigenvalue weighted by Crippen LogP contribution is 2.30. The van der Waals surface area contributed by atoms with E-state index in [1.54, 1.807) is 7.11 Å². The Morgan fingerprint density at radius 2 is 2.18 bits per heavy atom. The molecule has 0 aromatic heterocycles. The van der Waals surface area contributed by atoms with Gasteiger partial charge in [-0.2, -0.15) is 0 Å². The molecule has 0 bridgehead atoms. The van der Waals surface area contributed by atoms with E-state index in [1.807, 2.05) is 6.07 Å². The van der Waals surface area contributed by atoms with E-state index >= 15 is 0 Å². The first kappa shape index (κ1) is 13.4. The van der Waals surface area contributed by atoms with E-state index in [4.69, 9.17) is 4.74 Å². The first-order valence-electron chi connectivity index (χ1n) is 5.87. The standard InChI is InChI=1S/C13H17Br2NO/c1-17-13-5-2-10(8-12(13)15)9-16(7-6-14)11-3-4-11/h2,5,8,11H,3-4,6-7,9H2,1H3. The number of ether oxygens (including phenoxy) is 1. The predicted molar refractivity (Wildman–Crippen MR) is 77.9 cm³/mol. The highest BCUT2D eigenvalue weighted by molar-refractivity contribution is 9.10. The van der Waals surface area contributed by atoms with Crippen LogP contribution < -0.4 is 4.74 Å². The molecule has 2 rings (SSSR count). The third-order valence-electron chi connectivity index (χ3n) is 3.04. The van der Waals surface area contributed by atoms with Gasteiger partial charge in [-0.1, -0.05) is 22.0 Å². The zero-order valence-corrected chi connectivity index (χ0v) is 13.1. The number of rotatable bonds is 6. The van der Waals surface area contributed by atoms with Gasteiger partial charge in [0.25, 0.3) is 0 Å². The summed E-state index contributed by atoms with van der Waals surface area (Å²) in [6.07, 6.45) is 2.70. The average molecular weight is 363 g/mol. The van der Waals surface area contributed by atoms with Crippen LogP contribution in [0.25, 0.3) is 0 Å². The number of hydrogen-bond donors (Lipinski definition) is 0. The summed E-state index contributed by atoms with van der Waals surface area (Å²) in [4.78, 5) is 2.54. The molecular formula is C13H17Br2NO. The van der Waals surface area contributed by atoms with Gasteiger partial charge in [-0.15, -0.1) is 0 Å². The quantitative estimate of drug-likeness (QED) is 0.713. The van der Waals surface area contributed by atoms with Crippen LogP contribution in [-0.2, 0) is 6.54 Å². The minimum Gasteiger partial charge on any atom is -0.496 e. The van der Waals surface area contributed by atoms with Crippen molar-refractivity contribution < 1.29 is 4.74 Å². The molecule has 0 heterocycles. The first-order chi connectivity index (χ1) is 8.24. The molecule has 0 atom stereocenters. The van der Waals surface area contributed by atoms with Crippen LogP contribution in [-0.4, -0.2) is 29.9 Å². The van der Waals surface area contributed by atoms with Crippen molar-refractivity contribution in [2.45, 2.75) is 25.4 Å². The summed E-state index contributed by atoms with van der Waals surface area (Å²) in [5.41, 5.74) is 1.34. The van der Waals surface area contributed by atoms with Gasteiger partial charge in [0.1, 0.15) is 5.75 Å². The lowest BCUT2D eigenvalue weighted by Gasteiger charge is -2.21. The first-order valence-corrected chi connectivity index (χ1v) is 7.78. The third-order valence-corrected chi connectivity index (χ3v) is 4.01. The minimum atomic E-state index is 0.799. The molecule has 0 aliphatic heterocycles. The SMILES string of the molecule is COc1ccc(CN(CCBr)C2CC2)cc1Br. The Kier molecular flexibility index (Phi) is 4.88. The number of benzene rings is 1. The number of alkyl halides is 1. The molecule has 0 radical (unpaired) electrons. The van der Waals surface area contributed by atoms with Crippen LogP contribution in [0, 0.1) is 0 Å². The van der Waals surface area contributed by atoms with Crippen molar-refractivity contribution >= 4 is 31.9 Å². The van der Waals surface area contributed by atoms with Gasteiger partial charge in [-0.25, -0.2) is 0 Å². The van der Waals surface area contributed by atoms with Crippen LogP contribution in [0.1, 0.15) is 18.4 Å². The van der Waals surface area contributed by atoms with Crippen molar-refractivity contribution in [3.63, 3.8) is 0 Å². The molecule has 0 amide bonds. The molecule has 0 N–H and O–H groups in total. The van der Waals surface area contributed by atoms with Crippen molar-refractivity contribution in [1.82, 2.24) is 4.90 Å². The van der Waals surface area contributed by atoms with E-state index in [1.165, 1.54) is 18.4 Å². The molecule has 2 nitrogen and oxygen atoms in total. The minimum absolute atomic E-state index is 0.799. The molecule has 17 heavy (non-hydrogen) atoms. The van der Waals surface area contributed by atoms with E-state index in [9.17, 15) is 0 Å². The van der Waals surface area contributed by atoms with Crippen molar-refractivity contribution in [2.75, 3.05) is 19.0 Å². The van der Waals surface area contributed by atoms with Crippen molar-refractivity contribution in [3.8, 4) is 5.75 Å². The summed E-state index contributed by atoms with van der Waals surface area (Å²) in [6, 6.07) is 7.13. The molecule has 1 aromatic rings. The zero-order chi connectivity index (χ0) is 12.3. The van der Waals surface area contributed by atoms with Crippen LogP contribution in [0.4, 0.5) is 0 Å². The molecule has 0 spiro atoms. The Balaban J connectivity index is 2.03. The largest absolute Gasteiger partial charge is 0.496 e. The summed E-state index contributed by atoms with van der Waals surface area (Å²) in [7, 11) is 1.70. The Hall–Kier alpha value is -0.0600. The van der Waals surface area contributed by atoms with Gasteiger partial charge in [0.15, 0.2) is 0 Å². The number of halogens is 2. The van der Waals surface area contributed by atoms with E-state index < -0.39 is 0 Å². The van der Waals surface area contributed by atoms with E-state index in [-0.39, 0.29) is 0 Å². The Labute approximate surface area is 120 Å². The normalized spacial score (nSPS) is 15.3. The summed E-state index contributed by atoms with van der Waals surface area (Å²) >= 11 is 7.06. The van der Waals surface area contributed by atoms with Crippen LogP contribution >= 0.6 is 31.9 Å². The fraction of sp³-hybridized carbons (Fsp3) is 0.538. The molecule has 0 saturated heterocycles. The van der Waals surface area contributed by atoms with Gasteiger partial charge in [0, 0.05) is 24.5 Å². The Morgan fingerprint density at radius 1 is 1.41 bits per heavy atom. The fourth-order valence-electron chi connectivity index (χ4n) is 1.98. The second-order valence-electron chi connectivity index (χ2n) is 4.36. The van der Waals surface area contributed by atoms with Gasteiger partial charge < -0.3 is 4.74 Å². The maximum absolute atomic E-state index is 5.24. The third kappa shape index (κ3) is 3.70. The maximum Gasteiger partial charge on any atom is 0.133 e. The van der Waals surface area contributed by atoms with Crippen molar-refractivity contribution in [3.05, 3.63) is 28.2 Å². The number of nitrogens with zero attached hydrogens (tertiary/aromatic N) is 1. The molecule has 1 aliphatic rings. The topological polar surface area (TPSA) is 12.5 Å². The highest BCUT2D eigenvalue weighted by Gasteiger charge is 2.28. The Morgan fingerprint density at radius 3 is 2.71 bits per heavy atom. The van der Waals surface area contributed by atoms with Crippen molar-refractivity contribution in [1.29, 1.82) is 0 Å². The van der Waals surface area contributed by atoms with Crippen molar-refractivity contribution in [2.24, 2.45) is 0 Å². The van der Waals surface area contributed by atoms with Crippen LogP contribution in [0.5, 0.6) is 5.75 Å². The predicted octanol–water partition coefficient (Wildman–Crippen LogP) is 3.82. The van der Waals surface area contributed by atoms with E-state index in [2.05, 4.69) is 48.9 Å².